The van der Waals surface area contributed by atoms with Crippen LogP contribution in [0.5, 0.6) is 0 Å². The SMILES string of the molecule is O=C(NC1CC2CCN(C2)C1)c1cc2cc(N3CCCCC3)oc2cn1. The molecule has 3 atom stereocenters. The highest BCUT2D eigenvalue weighted by atomic mass is 16.4. The third kappa shape index (κ3) is 3.07. The molecule has 2 bridgehead atoms. The maximum Gasteiger partial charge on any atom is 0.270 e. The van der Waals surface area contributed by atoms with Crippen molar-refractivity contribution < 1.29 is 9.21 Å². The van der Waals surface area contributed by atoms with Crippen molar-refractivity contribution in [3.05, 3.63) is 24.0 Å². The van der Waals surface area contributed by atoms with Gasteiger partial charge in [-0.15, -0.1) is 0 Å². The van der Waals surface area contributed by atoms with Gasteiger partial charge in [-0.2, -0.15) is 0 Å². The first-order valence-electron chi connectivity index (χ1n) is 9.92. The first kappa shape index (κ1) is 16.1. The number of anilines is 1. The van der Waals surface area contributed by atoms with Gasteiger partial charge in [0, 0.05) is 43.7 Å². The minimum absolute atomic E-state index is 0.0693. The summed E-state index contributed by atoms with van der Waals surface area (Å²) < 4.78 is 5.95. The molecule has 6 heteroatoms. The van der Waals surface area contributed by atoms with E-state index in [2.05, 4.69) is 20.1 Å². The molecule has 0 spiro atoms. The highest BCUT2D eigenvalue weighted by Crippen LogP contribution is 2.29. The van der Waals surface area contributed by atoms with E-state index >= 15 is 0 Å². The van der Waals surface area contributed by atoms with Crippen molar-refractivity contribution in [1.82, 2.24) is 15.2 Å². The number of furan rings is 1. The third-order valence-corrected chi connectivity index (χ3v) is 6.09. The molecule has 3 unspecified atom stereocenters. The van der Waals surface area contributed by atoms with E-state index < -0.39 is 0 Å². The molecule has 3 saturated heterocycles. The number of rotatable bonds is 3. The summed E-state index contributed by atoms with van der Waals surface area (Å²) in [6.07, 6.45) is 7.76. The van der Waals surface area contributed by atoms with E-state index in [0.29, 0.717) is 5.69 Å². The second kappa shape index (κ2) is 6.58. The number of hydrogen-bond acceptors (Lipinski definition) is 5. The number of aromatic nitrogens is 1. The molecule has 26 heavy (non-hydrogen) atoms. The summed E-state index contributed by atoms with van der Waals surface area (Å²) in [4.78, 5) is 21.8. The Labute approximate surface area is 153 Å². The lowest BCUT2D eigenvalue weighted by Crippen LogP contribution is -2.47. The molecule has 5 heterocycles. The number of piperidine rings is 2. The molecule has 6 nitrogen and oxygen atoms in total. The quantitative estimate of drug-likeness (QED) is 0.918. The van der Waals surface area contributed by atoms with Gasteiger partial charge in [0.15, 0.2) is 11.5 Å². The van der Waals surface area contributed by atoms with Gasteiger partial charge in [-0.1, -0.05) is 0 Å². The van der Waals surface area contributed by atoms with Gasteiger partial charge >= 0.3 is 0 Å². The highest BCUT2D eigenvalue weighted by Gasteiger charge is 2.33. The van der Waals surface area contributed by atoms with Crippen LogP contribution in [0.25, 0.3) is 11.0 Å². The number of nitrogens with zero attached hydrogens (tertiary/aromatic N) is 3. The van der Waals surface area contributed by atoms with Crippen molar-refractivity contribution in [3.63, 3.8) is 0 Å². The van der Waals surface area contributed by atoms with Crippen LogP contribution in [0.3, 0.4) is 0 Å². The fourth-order valence-corrected chi connectivity index (χ4v) is 4.75. The molecule has 1 amide bonds. The summed E-state index contributed by atoms with van der Waals surface area (Å²) in [5.41, 5.74) is 1.24. The van der Waals surface area contributed by atoms with Crippen LogP contribution in [0, 0.1) is 5.92 Å². The Morgan fingerprint density at radius 1 is 1.15 bits per heavy atom. The van der Waals surface area contributed by atoms with Crippen LogP contribution in [0.2, 0.25) is 0 Å². The maximum absolute atomic E-state index is 12.7. The second-order valence-electron chi connectivity index (χ2n) is 8.06. The number of carbonyl (C=O) groups excluding carboxylic acids is 1. The monoisotopic (exact) mass is 354 g/mol. The predicted octanol–water partition coefficient (Wildman–Crippen LogP) is 2.64. The standard InChI is InChI=1S/C20H26N4O2/c25-20(22-16-8-14-4-7-23(12-14)13-16)17-9-15-10-19(26-18(15)11-21-17)24-5-2-1-3-6-24/h9-11,14,16H,1-8,12-13H2,(H,22,25). The van der Waals surface area contributed by atoms with E-state index in [9.17, 15) is 4.79 Å². The zero-order valence-electron chi connectivity index (χ0n) is 15.1. The molecule has 0 radical (unpaired) electrons. The molecule has 0 saturated carbocycles. The Hall–Kier alpha value is -2.08. The van der Waals surface area contributed by atoms with Crippen molar-refractivity contribution in [2.45, 2.75) is 38.1 Å². The normalized spacial score (nSPS) is 28.5. The van der Waals surface area contributed by atoms with Gasteiger partial charge in [-0.3, -0.25) is 4.79 Å². The summed E-state index contributed by atoms with van der Waals surface area (Å²) >= 11 is 0. The number of pyridine rings is 1. The molecule has 5 rings (SSSR count). The Bertz CT molecular complexity index is 799. The smallest absolute Gasteiger partial charge is 0.270 e. The Morgan fingerprint density at radius 2 is 2.04 bits per heavy atom. The van der Waals surface area contributed by atoms with Gasteiger partial charge in [-0.25, -0.2) is 4.98 Å². The average molecular weight is 354 g/mol. The van der Waals surface area contributed by atoms with Crippen LogP contribution in [-0.4, -0.2) is 54.6 Å². The van der Waals surface area contributed by atoms with Crippen LogP contribution in [-0.2, 0) is 0 Å². The molecular weight excluding hydrogens is 328 g/mol. The molecule has 0 aromatic carbocycles. The number of amides is 1. The molecule has 2 aromatic rings. The first-order chi connectivity index (χ1) is 12.7. The summed E-state index contributed by atoms with van der Waals surface area (Å²) in [6, 6.07) is 4.15. The number of nitrogens with one attached hydrogen (secondary N) is 1. The fourth-order valence-electron chi connectivity index (χ4n) is 4.75. The largest absolute Gasteiger partial charge is 0.439 e. The molecule has 3 fully saturated rings. The summed E-state index contributed by atoms with van der Waals surface area (Å²) in [7, 11) is 0. The van der Waals surface area contributed by atoms with E-state index in [1.807, 2.05) is 12.1 Å². The molecule has 0 aliphatic carbocycles. The minimum Gasteiger partial charge on any atom is -0.439 e. The summed E-state index contributed by atoms with van der Waals surface area (Å²) in [5, 5.41) is 4.14. The molecule has 138 valence electrons. The summed E-state index contributed by atoms with van der Waals surface area (Å²) in [5.74, 6) is 1.57. The van der Waals surface area contributed by atoms with Crippen LogP contribution in [0.4, 0.5) is 5.88 Å². The van der Waals surface area contributed by atoms with E-state index in [0.717, 1.165) is 48.8 Å². The number of hydrogen-bond donors (Lipinski definition) is 1. The Kier molecular flexibility index (Phi) is 4.08. The third-order valence-electron chi connectivity index (χ3n) is 6.09. The topological polar surface area (TPSA) is 61.6 Å². The van der Waals surface area contributed by atoms with Crippen molar-refractivity contribution in [2.75, 3.05) is 37.6 Å². The zero-order chi connectivity index (χ0) is 17.5. The molecule has 1 N–H and O–H groups in total. The van der Waals surface area contributed by atoms with Gasteiger partial charge in [0.2, 0.25) is 0 Å². The Morgan fingerprint density at radius 3 is 2.88 bits per heavy atom. The van der Waals surface area contributed by atoms with Gasteiger partial charge in [-0.05, 0) is 50.6 Å². The lowest BCUT2D eigenvalue weighted by molar-refractivity contribution is 0.0904. The zero-order valence-corrected chi connectivity index (χ0v) is 15.1. The van der Waals surface area contributed by atoms with Crippen molar-refractivity contribution >= 4 is 22.8 Å². The summed E-state index contributed by atoms with van der Waals surface area (Å²) in [6.45, 7) is 5.43. The van der Waals surface area contributed by atoms with E-state index in [1.54, 1.807) is 6.20 Å². The number of carbonyl (C=O) groups is 1. The van der Waals surface area contributed by atoms with E-state index in [-0.39, 0.29) is 11.9 Å². The van der Waals surface area contributed by atoms with E-state index in [4.69, 9.17) is 4.42 Å². The molecule has 3 aliphatic rings. The van der Waals surface area contributed by atoms with Crippen molar-refractivity contribution in [3.8, 4) is 0 Å². The van der Waals surface area contributed by atoms with Gasteiger partial charge in [0.05, 0.1) is 6.20 Å². The Balaban J connectivity index is 1.31. The molecular formula is C20H26N4O2. The van der Waals surface area contributed by atoms with E-state index in [1.165, 1.54) is 38.8 Å². The van der Waals surface area contributed by atoms with Gasteiger partial charge < -0.3 is 19.5 Å². The van der Waals surface area contributed by atoms with Crippen molar-refractivity contribution in [2.24, 2.45) is 5.92 Å². The van der Waals surface area contributed by atoms with Crippen LogP contribution >= 0.6 is 0 Å². The van der Waals surface area contributed by atoms with Crippen LogP contribution in [0.15, 0.2) is 22.7 Å². The predicted molar refractivity (Wildman–Crippen MR) is 100 cm³/mol. The number of fused-ring (bicyclic) bond motifs is 3. The van der Waals surface area contributed by atoms with Gasteiger partial charge in [0.1, 0.15) is 5.69 Å². The lowest BCUT2D eigenvalue weighted by atomic mass is 9.97. The molecule has 2 aromatic heterocycles. The molecule has 3 aliphatic heterocycles. The highest BCUT2D eigenvalue weighted by molar-refractivity contribution is 5.96. The minimum atomic E-state index is -0.0693. The maximum atomic E-state index is 12.7. The first-order valence-corrected chi connectivity index (χ1v) is 9.92. The lowest BCUT2D eigenvalue weighted by Gasteiger charge is -2.30. The van der Waals surface area contributed by atoms with Crippen LogP contribution < -0.4 is 10.2 Å². The van der Waals surface area contributed by atoms with Gasteiger partial charge in [0.25, 0.3) is 5.91 Å². The van der Waals surface area contributed by atoms with Crippen molar-refractivity contribution in [1.29, 1.82) is 0 Å². The average Bonchev–Trinajstić information content (AvgIpc) is 3.24. The fraction of sp³-hybridized carbons (Fsp3) is 0.600. The second-order valence-corrected chi connectivity index (χ2v) is 8.06. The van der Waals surface area contributed by atoms with Crippen LogP contribution in [0.1, 0.15) is 42.6 Å².